The third-order valence-electron chi connectivity index (χ3n) is 10.4. The number of benzene rings is 8. The SMILES string of the molecule is CC1(C)c2ccc3ccccc3c2-c2c1cc(-c1c3ccccc3c(-c3ccccc3)c3ccccc13)c1c2oc2ccccc21. The Bertz CT molecular complexity index is 2650. The fraction of sp³-hybridized carbons (Fsp3) is 0.0667. The fourth-order valence-corrected chi connectivity index (χ4v) is 8.38. The quantitative estimate of drug-likeness (QED) is 0.184. The average molecular weight is 587 g/mol. The molecule has 0 unspecified atom stereocenters. The summed E-state index contributed by atoms with van der Waals surface area (Å²) in [6.07, 6.45) is 0. The van der Waals surface area contributed by atoms with Crippen molar-refractivity contribution >= 4 is 54.3 Å². The normalized spacial score (nSPS) is 13.6. The van der Waals surface area contributed by atoms with E-state index in [-0.39, 0.29) is 5.41 Å². The summed E-state index contributed by atoms with van der Waals surface area (Å²) in [7, 11) is 0. The summed E-state index contributed by atoms with van der Waals surface area (Å²) < 4.78 is 6.97. The lowest BCUT2D eigenvalue weighted by molar-refractivity contribution is 0.653. The number of fused-ring (bicyclic) bond motifs is 11. The minimum atomic E-state index is -0.202. The number of hydrogen-bond donors (Lipinski definition) is 0. The Hall–Kier alpha value is -5.66. The standard InChI is InChI=1S/C45H30O/c1-45(2)36-25-24-27-14-6-7-17-29(27)42(36)43-37(45)26-35(41-34-22-12-13-23-38(34)46-44(41)43)40-32-20-10-8-18-30(32)39(28-15-4-3-5-16-28)31-19-9-11-21-33(31)40/h3-26H,1-2H3. The van der Waals surface area contributed by atoms with Crippen LogP contribution in [-0.4, -0.2) is 0 Å². The molecule has 0 radical (unpaired) electrons. The van der Waals surface area contributed by atoms with E-state index in [4.69, 9.17) is 4.42 Å². The lowest BCUT2D eigenvalue weighted by Gasteiger charge is -2.23. The van der Waals surface area contributed by atoms with Crippen LogP contribution in [-0.2, 0) is 5.41 Å². The summed E-state index contributed by atoms with van der Waals surface area (Å²) in [5.41, 5.74) is 11.9. The van der Waals surface area contributed by atoms with E-state index in [1.165, 1.54) is 82.2 Å². The Morgan fingerprint density at radius 3 is 1.70 bits per heavy atom. The molecule has 1 heterocycles. The van der Waals surface area contributed by atoms with Gasteiger partial charge in [0.05, 0.1) is 0 Å². The molecular weight excluding hydrogens is 556 g/mol. The molecule has 1 heteroatoms. The van der Waals surface area contributed by atoms with Crippen LogP contribution in [0.25, 0.3) is 87.6 Å². The van der Waals surface area contributed by atoms with Gasteiger partial charge in [-0.15, -0.1) is 0 Å². The monoisotopic (exact) mass is 586 g/mol. The van der Waals surface area contributed by atoms with Gasteiger partial charge in [-0.25, -0.2) is 0 Å². The van der Waals surface area contributed by atoms with Gasteiger partial charge < -0.3 is 4.42 Å². The second kappa shape index (κ2) is 9.19. The highest BCUT2D eigenvalue weighted by molar-refractivity contribution is 6.27. The molecule has 10 rings (SSSR count). The molecule has 9 aromatic rings. The molecule has 0 bridgehead atoms. The highest BCUT2D eigenvalue weighted by Gasteiger charge is 2.40. The van der Waals surface area contributed by atoms with Crippen molar-refractivity contribution in [2.24, 2.45) is 0 Å². The van der Waals surface area contributed by atoms with Gasteiger partial charge in [0.1, 0.15) is 11.2 Å². The van der Waals surface area contributed by atoms with Crippen molar-refractivity contribution in [2.45, 2.75) is 19.3 Å². The summed E-state index contributed by atoms with van der Waals surface area (Å²) in [6, 6.07) is 53.2. The molecule has 8 aromatic carbocycles. The fourth-order valence-electron chi connectivity index (χ4n) is 8.38. The van der Waals surface area contributed by atoms with Gasteiger partial charge in [0, 0.05) is 21.8 Å². The molecule has 0 N–H and O–H groups in total. The highest BCUT2D eigenvalue weighted by atomic mass is 16.3. The predicted octanol–water partition coefficient (Wildman–Crippen LogP) is 12.7. The van der Waals surface area contributed by atoms with Crippen molar-refractivity contribution in [3.8, 4) is 33.4 Å². The van der Waals surface area contributed by atoms with Crippen molar-refractivity contribution < 1.29 is 4.42 Å². The molecule has 0 saturated heterocycles. The first-order valence-corrected chi connectivity index (χ1v) is 16.1. The molecule has 0 spiro atoms. The Balaban J connectivity index is 1.43. The molecule has 0 aliphatic heterocycles. The smallest absolute Gasteiger partial charge is 0.144 e. The largest absolute Gasteiger partial charge is 0.455 e. The van der Waals surface area contributed by atoms with Crippen LogP contribution in [0.2, 0.25) is 0 Å². The Labute approximate surface area is 267 Å². The van der Waals surface area contributed by atoms with E-state index in [2.05, 4.69) is 159 Å². The molecular formula is C45H30O. The van der Waals surface area contributed by atoms with E-state index in [9.17, 15) is 0 Å². The van der Waals surface area contributed by atoms with E-state index in [1.54, 1.807) is 0 Å². The first-order chi connectivity index (χ1) is 22.6. The Kier molecular flexibility index (Phi) is 5.12. The predicted molar refractivity (Wildman–Crippen MR) is 195 cm³/mol. The topological polar surface area (TPSA) is 13.1 Å². The van der Waals surface area contributed by atoms with E-state index >= 15 is 0 Å². The van der Waals surface area contributed by atoms with Crippen LogP contribution < -0.4 is 0 Å². The van der Waals surface area contributed by atoms with Crippen LogP contribution in [0.5, 0.6) is 0 Å². The van der Waals surface area contributed by atoms with Gasteiger partial charge >= 0.3 is 0 Å². The van der Waals surface area contributed by atoms with Gasteiger partial charge in [0.15, 0.2) is 0 Å². The van der Waals surface area contributed by atoms with Gasteiger partial charge in [-0.3, -0.25) is 0 Å². The average Bonchev–Trinajstić information content (AvgIpc) is 3.60. The van der Waals surface area contributed by atoms with E-state index in [0.29, 0.717) is 0 Å². The van der Waals surface area contributed by atoms with Crippen LogP contribution in [0.15, 0.2) is 150 Å². The Morgan fingerprint density at radius 1 is 0.435 bits per heavy atom. The van der Waals surface area contributed by atoms with E-state index in [1.807, 2.05) is 0 Å². The van der Waals surface area contributed by atoms with Crippen molar-refractivity contribution in [3.05, 3.63) is 157 Å². The molecule has 0 amide bonds. The number of rotatable bonds is 2. The van der Waals surface area contributed by atoms with E-state index < -0.39 is 0 Å². The molecule has 0 atom stereocenters. The highest BCUT2D eigenvalue weighted by Crippen LogP contribution is 2.57. The lowest BCUT2D eigenvalue weighted by atomic mass is 9.79. The maximum atomic E-state index is 6.97. The third kappa shape index (κ3) is 3.30. The number of furan rings is 1. The van der Waals surface area contributed by atoms with Gasteiger partial charge in [-0.05, 0) is 83.4 Å². The first-order valence-electron chi connectivity index (χ1n) is 16.1. The van der Waals surface area contributed by atoms with Crippen molar-refractivity contribution in [3.63, 3.8) is 0 Å². The van der Waals surface area contributed by atoms with Crippen LogP contribution >= 0.6 is 0 Å². The minimum Gasteiger partial charge on any atom is -0.455 e. The second-order valence-corrected chi connectivity index (χ2v) is 13.2. The Morgan fingerprint density at radius 2 is 1.00 bits per heavy atom. The maximum Gasteiger partial charge on any atom is 0.144 e. The number of para-hydroxylation sites is 1. The van der Waals surface area contributed by atoms with Crippen molar-refractivity contribution in [1.29, 1.82) is 0 Å². The first kappa shape index (κ1) is 25.6. The number of hydrogen-bond acceptors (Lipinski definition) is 1. The molecule has 1 aliphatic carbocycles. The van der Waals surface area contributed by atoms with Crippen molar-refractivity contribution in [2.75, 3.05) is 0 Å². The van der Waals surface area contributed by atoms with Crippen molar-refractivity contribution in [1.82, 2.24) is 0 Å². The third-order valence-corrected chi connectivity index (χ3v) is 10.4. The molecule has 0 saturated carbocycles. The molecule has 1 aliphatic rings. The van der Waals surface area contributed by atoms with E-state index in [0.717, 1.165) is 16.6 Å². The summed E-state index contributed by atoms with van der Waals surface area (Å²) in [6.45, 7) is 4.75. The van der Waals surface area contributed by atoms with Crippen LogP contribution in [0.4, 0.5) is 0 Å². The summed E-state index contributed by atoms with van der Waals surface area (Å²) in [5.74, 6) is 0. The van der Waals surface area contributed by atoms with Crippen LogP contribution in [0.1, 0.15) is 25.0 Å². The summed E-state index contributed by atoms with van der Waals surface area (Å²) in [4.78, 5) is 0. The van der Waals surface area contributed by atoms with Gasteiger partial charge in [0.25, 0.3) is 0 Å². The molecule has 46 heavy (non-hydrogen) atoms. The molecule has 1 aromatic heterocycles. The minimum absolute atomic E-state index is 0.202. The zero-order valence-corrected chi connectivity index (χ0v) is 25.8. The molecule has 1 nitrogen and oxygen atoms in total. The summed E-state index contributed by atoms with van der Waals surface area (Å²) >= 11 is 0. The zero-order chi connectivity index (χ0) is 30.6. The maximum absolute atomic E-state index is 6.97. The summed E-state index contributed by atoms with van der Waals surface area (Å²) in [5, 5.41) is 9.91. The van der Waals surface area contributed by atoms with Crippen LogP contribution in [0.3, 0.4) is 0 Å². The van der Waals surface area contributed by atoms with Crippen LogP contribution in [0, 0.1) is 0 Å². The molecule has 0 fully saturated rings. The molecule has 216 valence electrons. The zero-order valence-electron chi connectivity index (χ0n) is 25.8. The second-order valence-electron chi connectivity index (χ2n) is 13.2. The van der Waals surface area contributed by atoms with Gasteiger partial charge in [-0.2, -0.15) is 0 Å². The lowest BCUT2D eigenvalue weighted by Crippen LogP contribution is -2.15. The van der Waals surface area contributed by atoms with Gasteiger partial charge in [-0.1, -0.05) is 147 Å². The van der Waals surface area contributed by atoms with Gasteiger partial charge in [0.2, 0.25) is 0 Å².